The van der Waals surface area contributed by atoms with Gasteiger partial charge in [0.25, 0.3) is 11.8 Å². The number of halogens is 1. The van der Waals surface area contributed by atoms with Crippen LogP contribution in [0.15, 0.2) is 47.6 Å². The van der Waals surface area contributed by atoms with Gasteiger partial charge in [-0.05, 0) is 37.6 Å². The number of hydrogen-bond acceptors (Lipinski definition) is 5. The molecule has 1 aromatic heterocycles. The number of rotatable bonds is 6. The van der Waals surface area contributed by atoms with Crippen LogP contribution in [0.5, 0.6) is 0 Å². The predicted molar refractivity (Wildman–Crippen MR) is 121 cm³/mol. The number of aliphatic imine (C=N–C) groups is 1. The smallest absolute Gasteiger partial charge is 0.261 e. The van der Waals surface area contributed by atoms with Gasteiger partial charge in [-0.25, -0.2) is 4.98 Å². The second-order valence-electron chi connectivity index (χ2n) is 7.45. The van der Waals surface area contributed by atoms with E-state index in [9.17, 15) is 9.59 Å². The number of pyridine rings is 1. The molecule has 0 saturated carbocycles. The lowest BCUT2D eigenvalue weighted by Gasteiger charge is -2.20. The van der Waals surface area contributed by atoms with Gasteiger partial charge in [-0.3, -0.25) is 19.5 Å². The van der Waals surface area contributed by atoms with Crippen LogP contribution in [0, 0.1) is 0 Å². The molecule has 162 valence electrons. The minimum absolute atomic E-state index is 0.190. The molecule has 0 radical (unpaired) electrons. The van der Waals surface area contributed by atoms with E-state index in [4.69, 9.17) is 11.6 Å². The van der Waals surface area contributed by atoms with Crippen molar-refractivity contribution in [1.82, 2.24) is 20.5 Å². The first-order valence-electron chi connectivity index (χ1n) is 10.4. The lowest BCUT2D eigenvalue weighted by Crippen LogP contribution is -2.45. The molecule has 9 heteroatoms. The highest BCUT2D eigenvalue weighted by Crippen LogP contribution is 2.26. The zero-order chi connectivity index (χ0) is 21.8. The molecule has 2 aromatic rings. The summed E-state index contributed by atoms with van der Waals surface area (Å²) in [5, 5.41) is 7.31. The summed E-state index contributed by atoms with van der Waals surface area (Å²) in [6.07, 6.45) is 2.67. The summed E-state index contributed by atoms with van der Waals surface area (Å²) in [4.78, 5) is 37.4. The van der Waals surface area contributed by atoms with E-state index in [1.165, 1.54) is 4.90 Å². The van der Waals surface area contributed by atoms with Crippen LogP contribution in [0.4, 0.5) is 5.82 Å². The van der Waals surface area contributed by atoms with Crippen molar-refractivity contribution in [2.24, 2.45) is 4.99 Å². The molecule has 4 rings (SSSR count). The Morgan fingerprint density at radius 3 is 2.61 bits per heavy atom. The van der Waals surface area contributed by atoms with Crippen LogP contribution in [0.2, 0.25) is 5.02 Å². The van der Waals surface area contributed by atoms with Gasteiger partial charge in [-0.2, -0.15) is 0 Å². The summed E-state index contributed by atoms with van der Waals surface area (Å²) in [7, 11) is 0. The van der Waals surface area contributed by atoms with E-state index in [0.29, 0.717) is 35.2 Å². The molecule has 1 saturated heterocycles. The van der Waals surface area contributed by atoms with Gasteiger partial charge in [0.1, 0.15) is 5.82 Å². The molecule has 0 aliphatic carbocycles. The highest BCUT2D eigenvalue weighted by atomic mass is 35.5. The maximum absolute atomic E-state index is 12.5. The first-order valence-corrected chi connectivity index (χ1v) is 10.8. The number of fused-ring (bicyclic) bond motifs is 1. The Hall–Kier alpha value is -3.13. The zero-order valence-corrected chi connectivity index (χ0v) is 18.1. The average molecular weight is 441 g/mol. The summed E-state index contributed by atoms with van der Waals surface area (Å²) < 4.78 is 0. The topological polar surface area (TPSA) is 89.9 Å². The Labute approximate surface area is 186 Å². The van der Waals surface area contributed by atoms with Crippen molar-refractivity contribution >= 4 is 35.2 Å². The van der Waals surface area contributed by atoms with Crippen LogP contribution < -0.4 is 15.5 Å². The highest BCUT2D eigenvalue weighted by Gasteiger charge is 2.34. The van der Waals surface area contributed by atoms with Crippen LogP contribution in [-0.2, 0) is 0 Å². The minimum Gasteiger partial charge on any atom is -0.357 e. The summed E-state index contributed by atoms with van der Waals surface area (Å²) >= 11 is 6.27. The molecule has 1 unspecified atom stereocenters. The second-order valence-corrected chi connectivity index (χ2v) is 7.86. The molecule has 3 heterocycles. The van der Waals surface area contributed by atoms with Gasteiger partial charge in [-0.1, -0.05) is 23.7 Å². The van der Waals surface area contributed by atoms with Crippen LogP contribution >= 0.6 is 11.6 Å². The Morgan fingerprint density at radius 1 is 1.19 bits per heavy atom. The number of carbonyl (C=O) groups excluding carboxylic acids is 2. The standard InChI is InChI=1S/C22H25ClN6O2/c1-2-24-22(27-15-9-12-28(14-15)19-18(23)8-5-10-25-19)26-11-13-29-20(30)16-6-3-4-7-17(16)21(29)31/h3-8,10,15H,2,9,11-14H2,1H3,(H2,24,26,27). The monoisotopic (exact) mass is 440 g/mol. The van der Waals surface area contributed by atoms with E-state index >= 15 is 0 Å². The summed E-state index contributed by atoms with van der Waals surface area (Å²) in [5.41, 5.74) is 0.918. The SMILES string of the molecule is CCNC(=NCCN1C(=O)c2ccccc2C1=O)NC1CCN(c2ncccc2Cl)C1. The number of hydrogen-bond donors (Lipinski definition) is 2. The molecule has 2 aliphatic heterocycles. The van der Waals surface area contributed by atoms with E-state index in [2.05, 4.69) is 25.5 Å². The lowest BCUT2D eigenvalue weighted by molar-refractivity contribution is 0.0659. The van der Waals surface area contributed by atoms with Crippen LogP contribution in [0.3, 0.4) is 0 Å². The Balaban J connectivity index is 1.35. The Morgan fingerprint density at radius 2 is 1.94 bits per heavy atom. The third-order valence-electron chi connectivity index (χ3n) is 5.38. The molecule has 2 N–H and O–H groups in total. The maximum Gasteiger partial charge on any atom is 0.261 e. The molecule has 2 aliphatic rings. The van der Waals surface area contributed by atoms with Gasteiger partial charge in [0, 0.05) is 38.4 Å². The number of aromatic nitrogens is 1. The van der Waals surface area contributed by atoms with E-state index < -0.39 is 0 Å². The number of anilines is 1. The van der Waals surface area contributed by atoms with Crippen LogP contribution in [0.1, 0.15) is 34.1 Å². The number of amides is 2. The average Bonchev–Trinajstić information content (AvgIpc) is 3.33. The number of imide groups is 1. The third kappa shape index (κ3) is 4.49. The van der Waals surface area contributed by atoms with Gasteiger partial charge in [0.15, 0.2) is 5.96 Å². The largest absolute Gasteiger partial charge is 0.357 e. The fraction of sp³-hybridized carbons (Fsp3) is 0.364. The first-order chi connectivity index (χ1) is 15.1. The molecule has 1 fully saturated rings. The van der Waals surface area contributed by atoms with Gasteiger partial charge in [-0.15, -0.1) is 0 Å². The van der Waals surface area contributed by atoms with Gasteiger partial charge in [0.2, 0.25) is 0 Å². The Bertz CT molecular complexity index is 976. The fourth-order valence-electron chi connectivity index (χ4n) is 3.90. The molecule has 0 spiro atoms. The maximum atomic E-state index is 12.5. The first kappa shape index (κ1) is 21.1. The van der Waals surface area contributed by atoms with Crippen LogP contribution in [-0.4, -0.2) is 66.4 Å². The van der Waals surface area contributed by atoms with Crippen LogP contribution in [0.25, 0.3) is 0 Å². The number of nitrogens with zero attached hydrogens (tertiary/aromatic N) is 4. The molecular formula is C22H25ClN6O2. The van der Waals surface area contributed by atoms with Crippen molar-refractivity contribution in [1.29, 1.82) is 0 Å². The summed E-state index contributed by atoms with van der Waals surface area (Å²) in [6.45, 7) is 4.88. The zero-order valence-electron chi connectivity index (χ0n) is 17.3. The van der Waals surface area contributed by atoms with Gasteiger partial charge in [0.05, 0.1) is 22.7 Å². The quantitative estimate of drug-likeness (QED) is 0.406. The normalized spacial score (nSPS) is 18.5. The van der Waals surface area contributed by atoms with Crippen molar-refractivity contribution in [2.45, 2.75) is 19.4 Å². The summed E-state index contributed by atoms with van der Waals surface area (Å²) in [6, 6.07) is 10.8. The lowest BCUT2D eigenvalue weighted by atomic mass is 10.1. The van der Waals surface area contributed by atoms with E-state index in [1.54, 1.807) is 30.5 Å². The van der Waals surface area contributed by atoms with Crippen molar-refractivity contribution in [3.05, 3.63) is 58.7 Å². The molecule has 31 heavy (non-hydrogen) atoms. The minimum atomic E-state index is -0.257. The predicted octanol–water partition coefficient (Wildman–Crippen LogP) is 2.17. The molecule has 1 aromatic carbocycles. The van der Waals surface area contributed by atoms with Crippen molar-refractivity contribution in [3.63, 3.8) is 0 Å². The van der Waals surface area contributed by atoms with E-state index in [1.807, 2.05) is 19.1 Å². The molecule has 2 amide bonds. The molecular weight excluding hydrogens is 416 g/mol. The van der Waals surface area contributed by atoms with E-state index in [0.717, 1.165) is 25.3 Å². The number of benzene rings is 1. The number of guanidine groups is 1. The molecule has 8 nitrogen and oxygen atoms in total. The van der Waals surface area contributed by atoms with E-state index in [-0.39, 0.29) is 24.4 Å². The summed E-state index contributed by atoms with van der Waals surface area (Å²) in [5.74, 6) is 0.943. The number of carbonyl (C=O) groups is 2. The van der Waals surface area contributed by atoms with Crippen molar-refractivity contribution < 1.29 is 9.59 Å². The molecule has 1 atom stereocenters. The van der Waals surface area contributed by atoms with Gasteiger partial charge < -0.3 is 15.5 Å². The third-order valence-corrected chi connectivity index (χ3v) is 5.68. The van der Waals surface area contributed by atoms with Crippen molar-refractivity contribution in [3.8, 4) is 0 Å². The number of nitrogens with one attached hydrogen (secondary N) is 2. The Kier molecular flexibility index (Phi) is 6.36. The highest BCUT2D eigenvalue weighted by molar-refractivity contribution is 6.32. The fourth-order valence-corrected chi connectivity index (χ4v) is 4.14. The molecule has 0 bridgehead atoms. The second kappa shape index (κ2) is 9.34. The van der Waals surface area contributed by atoms with Crippen molar-refractivity contribution in [2.75, 3.05) is 37.6 Å². The van der Waals surface area contributed by atoms with Gasteiger partial charge >= 0.3 is 0 Å².